The fourth-order valence-electron chi connectivity index (χ4n) is 3.19. The second kappa shape index (κ2) is 7.99. The van der Waals surface area contributed by atoms with Crippen LogP contribution in [0, 0.1) is 0 Å². The van der Waals surface area contributed by atoms with Gasteiger partial charge in [-0.3, -0.25) is 4.79 Å². The minimum atomic E-state index is -0.579. The number of rotatable bonds is 5. The molecule has 160 valence electrons. The van der Waals surface area contributed by atoms with Gasteiger partial charge in [0.15, 0.2) is 11.5 Å². The van der Waals surface area contributed by atoms with Crippen LogP contribution in [0.1, 0.15) is 10.4 Å². The van der Waals surface area contributed by atoms with Crippen molar-refractivity contribution in [2.75, 3.05) is 13.9 Å². The summed E-state index contributed by atoms with van der Waals surface area (Å²) in [5.41, 5.74) is 0.211. The Morgan fingerprint density at radius 2 is 1.62 bits per heavy atom. The second-order valence-corrected chi connectivity index (χ2v) is 6.82. The van der Waals surface area contributed by atoms with Crippen LogP contribution in [-0.2, 0) is 0 Å². The lowest BCUT2D eigenvalue weighted by atomic mass is 10.2. The van der Waals surface area contributed by atoms with E-state index >= 15 is 0 Å². The molecular weight excluding hydrogens is 416 g/mol. The number of hydrogen-bond donors (Lipinski definition) is 0. The molecule has 0 saturated carbocycles. The van der Waals surface area contributed by atoms with Crippen LogP contribution in [0.25, 0.3) is 11.0 Å². The first-order chi connectivity index (χ1) is 15.6. The van der Waals surface area contributed by atoms with Gasteiger partial charge in [-0.25, -0.2) is 4.79 Å². The highest BCUT2D eigenvalue weighted by molar-refractivity contribution is 5.92. The quantitative estimate of drug-likeness (QED) is 0.335. The molecule has 32 heavy (non-hydrogen) atoms. The Morgan fingerprint density at radius 1 is 0.875 bits per heavy atom. The van der Waals surface area contributed by atoms with Crippen molar-refractivity contribution in [1.29, 1.82) is 0 Å². The molecular formula is C24H16O8. The van der Waals surface area contributed by atoms with E-state index in [1.54, 1.807) is 49.6 Å². The molecule has 0 spiro atoms. The van der Waals surface area contributed by atoms with Crippen LogP contribution in [0.4, 0.5) is 0 Å². The van der Waals surface area contributed by atoms with E-state index < -0.39 is 5.97 Å². The average Bonchev–Trinajstić information content (AvgIpc) is 3.29. The summed E-state index contributed by atoms with van der Waals surface area (Å²) in [6, 6.07) is 16.1. The van der Waals surface area contributed by atoms with Crippen LogP contribution in [0.2, 0.25) is 0 Å². The SMILES string of the molecule is COc1ccc(Oc2coc3cc(OC(=O)c4ccc5c(c4)OCO5)ccc3c2=O)cc1. The van der Waals surface area contributed by atoms with Crippen LogP contribution < -0.4 is 29.1 Å². The third-order valence-electron chi connectivity index (χ3n) is 4.82. The third-order valence-corrected chi connectivity index (χ3v) is 4.82. The van der Waals surface area contributed by atoms with Gasteiger partial charge in [0.2, 0.25) is 18.0 Å². The number of carbonyl (C=O) groups is 1. The summed E-state index contributed by atoms with van der Waals surface area (Å²) in [5.74, 6) is 1.87. The van der Waals surface area contributed by atoms with Gasteiger partial charge in [-0.2, -0.15) is 0 Å². The molecule has 8 heteroatoms. The van der Waals surface area contributed by atoms with Crippen LogP contribution in [0.3, 0.4) is 0 Å². The van der Waals surface area contributed by atoms with Crippen molar-refractivity contribution in [3.05, 3.63) is 82.7 Å². The molecule has 0 bridgehead atoms. The Labute approximate surface area is 181 Å². The molecule has 3 aromatic carbocycles. The van der Waals surface area contributed by atoms with Crippen LogP contribution >= 0.6 is 0 Å². The zero-order valence-electron chi connectivity index (χ0n) is 16.8. The smallest absolute Gasteiger partial charge is 0.343 e. The minimum absolute atomic E-state index is 0.0350. The monoisotopic (exact) mass is 432 g/mol. The van der Waals surface area contributed by atoms with Crippen molar-refractivity contribution >= 4 is 16.9 Å². The van der Waals surface area contributed by atoms with Crippen molar-refractivity contribution in [2.45, 2.75) is 0 Å². The Kier molecular flexibility index (Phi) is 4.87. The van der Waals surface area contributed by atoms with Gasteiger partial charge in [-0.1, -0.05) is 0 Å². The van der Waals surface area contributed by atoms with E-state index in [1.807, 2.05) is 0 Å². The Morgan fingerprint density at radius 3 is 2.44 bits per heavy atom. The molecule has 0 amide bonds. The predicted molar refractivity (Wildman–Crippen MR) is 113 cm³/mol. The van der Waals surface area contributed by atoms with Crippen LogP contribution in [0.5, 0.6) is 34.5 Å². The normalized spacial score (nSPS) is 11.9. The van der Waals surface area contributed by atoms with Crippen LogP contribution in [-0.4, -0.2) is 19.9 Å². The van der Waals surface area contributed by atoms with Gasteiger partial charge in [0, 0.05) is 6.07 Å². The Hall–Kier alpha value is -4.46. The van der Waals surface area contributed by atoms with E-state index in [0.717, 1.165) is 0 Å². The molecule has 2 heterocycles. The number of esters is 1. The molecule has 0 fully saturated rings. The molecule has 0 saturated heterocycles. The molecule has 1 aliphatic heterocycles. The Balaban J connectivity index is 1.36. The lowest BCUT2D eigenvalue weighted by Crippen LogP contribution is -2.09. The maximum atomic E-state index is 12.8. The molecule has 5 rings (SSSR count). The van der Waals surface area contributed by atoms with E-state index in [1.165, 1.54) is 24.5 Å². The number of ether oxygens (including phenoxy) is 5. The fourth-order valence-corrected chi connectivity index (χ4v) is 3.19. The predicted octanol–water partition coefficient (Wildman–Crippen LogP) is 4.54. The summed E-state index contributed by atoms with van der Waals surface area (Å²) in [6.45, 7) is 0.113. The van der Waals surface area contributed by atoms with E-state index in [4.69, 9.17) is 28.1 Å². The second-order valence-electron chi connectivity index (χ2n) is 6.82. The molecule has 0 aliphatic carbocycles. The average molecular weight is 432 g/mol. The largest absolute Gasteiger partial charge is 0.497 e. The standard InChI is InChI=1S/C24H16O8/c1-27-15-3-5-16(6-4-15)31-22-12-28-20-11-17(7-8-18(20)23(22)25)32-24(26)14-2-9-19-21(10-14)30-13-29-19/h2-12H,13H2,1H3. The number of methoxy groups -OCH3 is 1. The van der Waals surface area contributed by atoms with Crippen molar-refractivity contribution in [3.8, 4) is 34.5 Å². The topological polar surface area (TPSA) is 93.4 Å². The zero-order chi connectivity index (χ0) is 22.1. The minimum Gasteiger partial charge on any atom is -0.497 e. The molecule has 1 aliphatic rings. The van der Waals surface area contributed by atoms with E-state index in [2.05, 4.69) is 0 Å². The zero-order valence-corrected chi connectivity index (χ0v) is 16.8. The fraction of sp³-hybridized carbons (Fsp3) is 0.0833. The Bertz CT molecular complexity index is 1370. The maximum absolute atomic E-state index is 12.8. The van der Waals surface area contributed by atoms with Crippen molar-refractivity contribution in [1.82, 2.24) is 0 Å². The molecule has 8 nitrogen and oxygen atoms in total. The van der Waals surface area contributed by atoms with E-state index in [0.29, 0.717) is 33.9 Å². The number of carbonyl (C=O) groups excluding carboxylic acids is 1. The summed E-state index contributed by atoms with van der Waals surface area (Å²) in [5, 5.41) is 0.291. The van der Waals surface area contributed by atoms with Crippen LogP contribution in [0.15, 0.2) is 76.1 Å². The molecule has 0 unspecified atom stereocenters. The van der Waals surface area contributed by atoms with Gasteiger partial charge in [-0.05, 0) is 54.6 Å². The van der Waals surface area contributed by atoms with Gasteiger partial charge in [0.25, 0.3) is 0 Å². The first-order valence-corrected chi connectivity index (χ1v) is 9.60. The van der Waals surface area contributed by atoms with E-state index in [-0.39, 0.29) is 29.3 Å². The first-order valence-electron chi connectivity index (χ1n) is 9.60. The van der Waals surface area contributed by atoms with Gasteiger partial charge in [-0.15, -0.1) is 0 Å². The third kappa shape index (κ3) is 3.69. The highest BCUT2D eigenvalue weighted by Gasteiger charge is 2.18. The van der Waals surface area contributed by atoms with Crippen molar-refractivity contribution in [2.24, 2.45) is 0 Å². The number of fused-ring (bicyclic) bond motifs is 2. The summed E-state index contributed by atoms with van der Waals surface area (Å²) in [7, 11) is 1.56. The summed E-state index contributed by atoms with van der Waals surface area (Å²) < 4.78 is 32.2. The van der Waals surface area contributed by atoms with E-state index in [9.17, 15) is 9.59 Å². The lowest BCUT2D eigenvalue weighted by Gasteiger charge is -2.08. The number of hydrogen-bond acceptors (Lipinski definition) is 8. The van der Waals surface area contributed by atoms with Gasteiger partial charge >= 0.3 is 5.97 Å². The molecule has 0 radical (unpaired) electrons. The number of benzene rings is 3. The molecule has 0 N–H and O–H groups in total. The molecule has 0 atom stereocenters. The lowest BCUT2D eigenvalue weighted by molar-refractivity contribution is 0.0734. The molecule has 1 aromatic heterocycles. The van der Waals surface area contributed by atoms with Crippen molar-refractivity contribution < 1.29 is 32.9 Å². The first kappa shape index (κ1) is 19.5. The summed E-state index contributed by atoms with van der Waals surface area (Å²) >= 11 is 0. The van der Waals surface area contributed by atoms with Gasteiger partial charge in [0.1, 0.15) is 29.1 Å². The summed E-state index contributed by atoms with van der Waals surface area (Å²) in [4.78, 5) is 25.3. The summed E-state index contributed by atoms with van der Waals surface area (Å²) in [6.07, 6.45) is 1.22. The maximum Gasteiger partial charge on any atom is 0.343 e. The van der Waals surface area contributed by atoms with Gasteiger partial charge < -0.3 is 28.1 Å². The van der Waals surface area contributed by atoms with Crippen molar-refractivity contribution in [3.63, 3.8) is 0 Å². The molecule has 4 aromatic rings. The van der Waals surface area contributed by atoms with Gasteiger partial charge in [0.05, 0.1) is 18.1 Å². The highest BCUT2D eigenvalue weighted by atomic mass is 16.7. The highest BCUT2D eigenvalue weighted by Crippen LogP contribution is 2.33.